The van der Waals surface area contributed by atoms with Gasteiger partial charge in [0.15, 0.2) is 0 Å². The number of hydrogen-bond acceptors (Lipinski definition) is 7. The van der Waals surface area contributed by atoms with Crippen LogP contribution in [-0.2, 0) is 10.1 Å². The van der Waals surface area contributed by atoms with Crippen LogP contribution in [0.4, 0.5) is 16.2 Å². The molecular formula is C17H17N3O7S2. The molecule has 0 saturated carbocycles. The number of amides is 1. The summed E-state index contributed by atoms with van der Waals surface area (Å²) >= 11 is 4.92. The first kappa shape index (κ1) is 22.0. The molecule has 0 atom stereocenters. The minimum absolute atomic E-state index is 0.0300. The molecule has 0 saturated heterocycles. The lowest BCUT2D eigenvalue weighted by atomic mass is 10.1. The quantitative estimate of drug-likeness (QED) is 0.256. The lowest BCUT2D eigenvalue weighted by Gasteiger charge is -2.12. The number of carbonyl (C=O) groups is 1. The fraction of sp³-hybridized carbons (Fsp3) is 0.176. The van der Waals surface area contributed by atoms with Crippen molar-refractivity contribution in [1.29, 1.82) is 0 Å². The standard InChI is InChI=1S/C17H17N3O7S2/c1-10-3-6-15(11(2)7-10)27-29(25,26)12-4-5-13(14(8-12)20(23)24)19-16(28)9-18-17(21)22/h3-8,18H,9H2,1-2H3,(H,19,28)(H,21,22). The molecule has 2 aromatic rings. The Morgan fingerprint density at radius 1 is 1.24 bits per heavy atom. The molecular weight excluding hydrogens is 422 g/mol. The van der Waals surface area contributed by atoms with E-state index in [4.69, 9.17) is 21.5 Å². The number of carboxylic acid groups (broad SMARTS) is 1. The SMILES string of the molecule is Cc1ccc(OS(=O)(=O)c2ccc(NC(=S)CNC(=O)O)c([N+](=O)[O-])c2)c(C)c1. The number of anilines is 1. The summed E-state index contributed by atoms with van der Waals surface area (Å²) in [5, 5.41) is 24.5. The Kier molecular flexibility index (Phi) is 6.72. The largest absolute Gasteiger partial charge is 0.465 e. The highest BCUT2D eigenvalue weighted by atomic mass is 32.2. The Labute approximate surface area is 171 Å². The topological polar surface area (TPSA) is 148 Å². The summed E-state index contributed by atoms with van der Waals surface area (Å²) in [6.07, 6.45) is -1.31. The molecule has 154 valence electrons. The van der Waals surface area contributed by atoms with E-state index in [0.29, 0.717) is 5.56 Å². The van der Waals surface area contributed by atoms with Crippen molar-refractivity contribution in [3.05, 3.63) is 57.6 Å². The molecule has 12 heteroatoms. The zero-order valence-electron chi connectivity index (χ0n) is 15.3. The van der Waals surface area contributed by atoms with Gasteiger partial charge in [0.25, 0.3) is 5.69 Å². The maximum absolute atomic E-state index is 12.6. The Hall–Kier alpha value is -3.25. The van der Waals surface area contributed by atoms with Gasteiger partial charge >= 0.3 is 16.2 Å². The second-order valence-corrected chi connectivity index (χ2v) is 7.99. The number of nitrogens with one attached hydrogen (secondary N) is 2. The molecule has 10 nitrogen and oxygen atoms in total. The average Bonchev–Trinajstić information content (AvgIpc) is 2.62. The van der Waals surface area contributed by atoms with Gasteiger partial charge in [-0.1, -0.05) is 29.9 Å². The number of thiocarbonyl (C=S) groups is 1. The number of nitro benzene ring substituents is 1. The van der Waals surface area contributed by atoms with Crippen LogP contribution in [0.2, 0.25) is 0 Å². The molecule has 0 aliphatic rings. The maximum atomic E-state index is 12.6. The van der Waals surface area contributed by atoms with E-state index in [1.807, 2.05) is 12.2 Å². The van der Waals surface area contributed by atoms with E-state index in [0.717, 1.165) is 23.8 Å². The van der Waals surface area contributed by atoms with Gasteiger partial charge in [-0.05, 0) is 37.6 Å². The molecule has 0 aliphatic heterocycles. The predicted octanol–water partition coefficient (Wildman–Crippen LogP) is 2.99. The first-order valence-electron chi connectivity index (χ1n) is 8.06. The van der Waals surface area contributed by atoms with E-state index in [-0.39, 0.29) is 23.0 Å². The van der Waals surface area contributed by atoms with Gasteiger partial charge in [-0.15, -0.1) is 0 Å². The number of nitrogens with zero attached hydrogens (tertiary/aromatic N) is 1. The molecule has 3 N–H and O–H groups in total. The molecule has 0 unspecified atom stereocenters. The molecule has 1 amide bonds. The van der Waals surface area contributed by atoms with Crippen LogP contribution in [0.1, 0.15) is 11.1 Å². The minimum atomic E-state index is -4.33. The van der Waals surface area contributed by atoms with Crippen LogP contribution in [0.5, 0.6) is 5.75 Å². The van der Waals surface area contributed by atoms with Crippen LogP contribution < -0.4 is 14.8 Å². The van der Waals surface area contributed by atoms with Crippen molar-refractivity contribution in [2.75, 3.05) is 11.9 Å². The summed E-state index contributed by atoms with van der Waals surface area (Å²) in [7, 11) is -4.33. The van der Waals surface area contributed by atoms with Crippen molar-refractivity contribution in [2.24, 2.45) is 0 Å². The summed E-state index contributed by atoms with van der Waals surface area (Å²) in [6, 6.07) is 8.05. The van der Waals surface area contributed by atoms with Crippen LogP contribution in [0, 0.1) is 24.0 Å². The fourth-order valence-electron chi connectivity index (χ4n) is 2.33. The lowest BCUT2D eigenvalue weighted by Crippen LogP contribution is -2.30. The monoisotopic (exact) mass is 439 g/mol. The van der Waals surface area contributed by atoms with Crippen molar-refractivity contribution < 1.29 is 27.4 Å². The third kappa shape index (κ3) is 5.86. The third-order valence-corrected chi connectivity index (χ3v) is 5.14. The number of hydrogen-bond donors (Lipinski definition) is 3. The molecule has 2 aromatic carbocycles. The molecule has 0 fully saturated rings. The van der Waals surface area contributed by atoms with Crippen LogP contribution in [-0.4, -0.2) is 36.1 Å². The van der Waals surface area contributed by atoms with Gasteiger partial charge in [0.05, 0.1) is 16.5 Å². The summed E-state index contributed by atoms with van der Waals surface area (Å²) in [5.74, 6) is 0.112. The summed E-state index contributed by atoms with van der Waals surface area (Å²) < 4.78 is 30.2. The van der Waals surface area contributed by atoms with Gasteiger partial charge < -0.3 is 19.9 Å². The zero-order chi connectivity index (χ0) is 21.8. The van der Waals surface area contributed by atoms with Crippen LogP contribution in [0.15, 0.2) is 41.3 Å². The minimum Gasteiger partial charge on any atom is -0.465 e. The smallest absolute Gasteiger partial charge is 0.405 e. The highest BCUT2D eigenvalue weighted by Gasteiger charge is 2.24. The van der Waals surface area contributed by atoms with Gasteiger partial charge in [0.2, 0.25) is 0 Å². The lowest BCUT2D eigenvalue weighted by molar-refractivity contribution is -0.384. The Morgan fingerprint density at radius 3 is 2.52 bits per heavy atom. The second-order valence-electron chi connectivity index (χ2n) is 5.95. The van der Waals surface area contributed by atoms with Gasteiger partial charge in [-0.3, -0.25) is 10.1 Å². The van der Waals surface area contributed by atoms with Crippen molar-refractivity contribution >= 4 is 44.8 Å². The van der Waals surface area contributed by atoms with Crippen molar-refractivity contribution in [2.45, 2.75) is 18.7 Å². The molecule has 0 radical (unpaired) electrons. The maximum Gasteiger partial charge on any atom is 0.405 e. The van der Waals surface area contributed by atoms with E-state index < -0.39 is 31.7 Å². The first-order valence-corrected chi connectivity index (χ1v) is 9.88. The van der Waals surface area contributed by atoms with Crippen molar-refractivity contribution in [1.82, 2.24) is 5.32 Å². The molecule has 0 aromatic heterocycles. The average molecular weight is 439 g/mol. The van der Waals surface area contributed by atoms with E-state index in [9.17, 15) is 23.3 Å². The van der Waals surface area contributed by atoms with Crippen molar-refractivity contribution in [3.8, 4) is 5.75 Å². The zero-order valence-corrected chi connectivity index (χ0v) is 17.0. The Morgan fingerprint density at radius 2 is 1.93 bits per heavy atom. The normalized spacial score (nSPS) is 10.8. The van der Waals surface area contributed by atoms with Crippen LogP contribution >= 0.6 is 12.2 Å². The molecule has 0 aliphatic carbocycles. The van der Waals surface area contributed by atoms with Crippen LogP contribution in [0.25, 0.3) is 0 Å². The third-order valence-electron chi connectivity index (χ3n) is 3.66. The van der Waals surface area contributed by atoms with Gasteiger partial charge in [-0.2, -0.15) is 8.42 Å². The predicted molar refractivity (Wildman–Crippen MR) is 109 cm³/mol. The number of aryl methyl sites for hydroxylation is 2. The summed E-state index contributed by atoms with van der Waals surface area (Å²) in [4.78, 5) is 20.6. The van der Waals surface area contributed by atoms with Crippen LogP contribution in [0.3, 0.4) is 0 Å². The molecule has 0 heterocycles. The first-order chi connectivity index (χ1) is 13.5. The molecule has 2 rings (SSSR count). The molecule has 0 bridgehead atoms. The second kappa shape index (κ2) is 8.84. The summed E-state index contributed by atoms with van der Waals surface area (Å²) in [5.41, 5.74) is 0.870. The van der Waals surface area contributed by atoms with E-state index in [2.05, 4.69) is 5.32 Å². The van der Waals surface area contributed by atoms with Gasteiger partial charge in [-0.25, -0.2) is 4.79 Å². The highest BCUT2D eigenvalue weighted by molar-refractivity contribution is 7.87. The van der Waals surface area contributed by atoms with E-state index >= 15 is 0 Å². The number of benzene rings is 2. The molecule has 29 heavy (non-hydrogen) atoms. The van der Waals surface area contributed by atoms with E-state index in [1.54, 1.807) is 19.1 Å². The fourth-order valence-corrected chi connectivity index (χ4v) is 3.53. The Bertz CT molecular complexity index is 1080. The summed E-state index contributed by atoms with van der Waals surface area (Å²) in [6.45, 7) is 3.26. The number of rotatable bonds is 7. The van der Waals surface area contributed by atoms with E-state index in [1.165, 1.54) is 6.07 Å². The Balaban J connectivity index is 2.31. The van der Waals surface area contributed by atoms with Crippen molar-refractivity contribution in [3.63, 3.8) is 0 Å². The molecule has 0 spiro atoms. The van der Waals surface area contributed by atoms with Gasteiger partial charge in [0.1, 0.15) is 16.3 Å². The van der Waals surface area contributed by atoms with Gasteiger partial charge in [0, 0.05) is 6.07 Å². The number of nitro groups is 1. The highest BCUT2D eigenvalue weighted by Crippen LogP contribution is 2.30.